The van der Waals surface area contributed by atoms with Gasteiger partial charge in [-0.15, -0.1) is 0 Å². The summed E-state index contributed by atoms with van der Waals surface area (Å²) in [6.07, 6.45) is 10.4. The lowest BCUT2D eigenvalue weighted by molar-refractivity contribution is 0.0851. The summed E-state index contributed by atoms with van der Waals surface area (Å²) in [5.74, 6) is -0.268. The third-order valence-corrected chi connectivity index (χ3v) is 7.74. The van der Waals surface area contributed by atoms with Crippen LogP contribution in [0.25, 0.3) is 22.0 Å². The van der Waals surface area contributed by atoms with Crippen LogP contribution in [0.1, 0.15) is 72.2 Å². The van der Waals surface area contributed by atoms with Crippen LogP contribution >= 0.6 is 0 Å². The summed E-state index contributed by atoms with van der Waals surface area (Å²) in [7, 11) is 1.50. The summed E-state index contributed by atoms with van der Waals surface area (Å²) in [6, 6.07) is 11.0. The Labute approximate surface area is 199 Å². The van der Waals surface area contributed by atoms with Crippen LogP contribution in [-0.2, 0) is 6.42 Å². The van der Waals surface area contributed by atoms with Crippen LogP contribution in [0, 0.1) is 11.2 Å². The molecule has 2 fully saturated rings. The predicted octanol–water partition coefficient (Wildman–Crippen LogP) is 5.95. The van der Waals surface area contributed by atoms with E-state index in [9.17, 15) is 14.0 Å². The second-order valence-electron chi connectivity index (χ2n) is 9.97. The van der Waals surface area contributed by atoms with E-state index in [1.807, 2.05) is 12.1 Å². The van der Waals surface area contributed by atoms with Crippen LogP contribution in [0.4, 0.5) is 10.1 Å². The Morgan fingerprint density at radius 1 is 1.06 bits per heavy atom. The molecule has 1 spiro atoms. The van der Waals surface area contributed by atoms with E-state index in [0.717, 1.165) is 66.3 Å². The molecule has 2 saturated carbocycles. The number of halogens is 1. The molecule has 3 aliphatic rings. The molecule has 3 N–H and O–H groups in total. The summed E-state index contributed by atoms with van der Waals surface area (Å²) in [4.78, 5) is 24.9. The largest absolute Gasteiger partial charge is 0.382 e. The van der Waals surface area contributed by atoms with Crippen molar-refractivity contribution in [2.75, 3.05) is 12.4 Å². The maximum Gasteiger partial charge on any atom is 0.231 e. The quantitative estimate of drug-likeness (QED) is 0.471. The summed E-state index contributed by atoms with van der Waals surface area (Å²) in [6.45, 7) is 0. The van der Waals surface area contributed by atoms with Crippen LogP contribution in [0.3, 0.4) is 0 Å². The van der Waals surface area contributed by atoms with Crippen molar-refractivity contribution in [1.82, 2.24) is 4.57 Å². The molecule has 178 valence electrons. The minimum Gasteiger partial charge on any atom is -0.382 e. The highest BCUT2D eigenvalue weighted by molar-refractivity contribution is 6.05. The van der Waals surface area contributed by atoms with Crippen molar-refractivity contribution in [2.45, 2.75) is 63.8 Å². The Balaban J connectivity index is 0.00000117. The maximum absolute atomic E-state index is 14.2. The molecule has 0 radical (unpaired) electrons. The lowest BCUT2D eigenvalue weighted by Crippen LogP contribution is -2.27. The molecule has 2 heterocycles. The molecule has 1 aliphatic heterocycles. The molecule has 0 unspecified atom stereocenters. The number of nitrogens with two attached hydrogens (primary N) is 1. The highest BCUT2D eigenvalue weighted by Crippen LogP contribution is 2.56. The van der Waals surface area contributed by atoms with Crippen LogP contribution in [0.15, 0.2) is 36.4 Å². The Hall–Kier alpha value is -2.99. The lowest BCUT2D eigenvalue weighted by Gasteiger charge is -2.25. The van der Waals surface area contributed by atoms with E-state index in [0.29, 0.717) is 23.5 Å². The van der Waals surface area contributed by atoms with Crippen molar-refractivity contribution in [3.63, 3.8) is 0 Å². The molecule has 3 aromatic rings. The summed E-state index contributed by atoms with van der Waals surface area (Å²) in [5.41, 5.74) is 9.70. The first-order valence-corrected chi connectivity index (χ1v) is 12.4. The molecule has 0 saturated heterocycles. The fraction of sp³-hybridized carbons (Fsp3) is 0.429. The SMILES string of the molecule is CN.O=Cc1ccc(-c2c3n(c4cc(F)ccc24)C(=O)CC2(CC2)C3)cc1NC1CCCCC1. The zero-order valence-corrected chi connectivity index (χ0v) is 19.7. The minimum absolute atomic E-state index is 0.0654. The number of hydrogen-bond donors (Lipinski definition) is 2. The van der Waals surface area contributed by atoms with E-state index in [2.05, 4.69) is 17.1 Å². The van der Waals surface area contributed by atoms with Gasteiger partial charge in [-0.25, -0.2) is 4.39 Å². The van der Waals surface area contributed by atoms with Crippen molar-refractivity contribution >= 4 is 28.8 Å². The number of anilines is 1. The number of fused-ring (bicyclic) bond motifs is 3. The van der Waals surface area contributed by atoms with Gasteiger partial charge in [0.1, 0.15) is 5.82 Å². The van der Waals surface area contributed by atoms with Gasteiger partial charge in [-0.2, -0.15) is 0 Å². The summed E-state index contributed by atoms with van der Waals surface area (Å²) < 4.78 is 15.9. The molecular weight excluding hydrogens is 429 g/mol. The number of nitrogens with zero attached hydrogens (tertiary/aromatic N) is 1. The standard InChI is InChI=1S/C27H27FN2O2.CH5N/c28-19-8-9-21-23(13-19)30-24(14-27(10-11-27)15-25(30)32)26(21)17-6-7-18(16-31)22(12-17)29-20-4-2-1-3-5-20;1-2/h6-9,12-13,16,20,29H,1-5,10-11,14-15H2;2H2,1H3. The highest BCUT2D eigenvalue weighted by Gasteiger charge is 2.49. The molecular formula is C28H32FN3O2. The first-order chi connectivity index (χ1) is 16.6. The minimum atomic E-state index is -0.334. The van der Waals surface area contributed by atoms with E-state index >= 15 is 0 Å². The topological polar surface area (TPSA) is 77.1 Å². The van der Waals surface area contributed by atoms with Gasteiger partial charge >= 0.3 is 0 Å². The highest BCUT2D eigenvalue weighted by atomic mass is 19.1. The summed E-state index contributed by atoms with van der Waals surface area (Å²) in [5, 5.41) is 4.51. The second-order valence-corrected chi connectivity index (χ2v) is 9.97. The number of carbonyl (C=O) groups excluding carboxylic acids is 2. The van der Waals surface area contributed by atoms with E-state index in [-0.39, 0.29) is 17.1 Å². The van der Waals surface area contributed by atoms with Crippen molar-refractivity contribution in [1.29, 1.82) is 0 Å². The van der Waals surface area contributed by atoms with Crippen LogP contribution in [0.5, 0.6) is 0 Å². The lowest BCUT2D eigenvalue weighted by atomic mass is 9.88. The van der Waals surface area contributed by atoms with Crippen LogP contribution < -0.4 is 11.1 Å². The third-order valence-electron chi connectivity index (χ3n) is 7.74. The fourth-order valence-corrected chi connectivity index (χ4v) is 5.84. The molecule has 0 bridgehead atoms. The predicted molar refractivity (Wildman–Crippen MR) is 134 cm³/mol. The normalized spacial score (nSPS) is 18.9. The van der Waals surface area contributed by atoms with Gasteiger partial charge in [0.15, 0.2) is 6.29 Å². The van der Waals surface area contributed by atoms with Crippen molar-refractivity contribution in [2.24, 2.45) is 11.1 Å². The monoisotopic (exact) mass is 461 g/mol. The molecule has 0 amide bonds. The molecule has 2 aliphatic carbocycles. The Morgan fingerprint density at radius 2 is 1.82 bits per heavy atom. The molecule has 0 atom stereocenters. The smallest absolute Gasteiger partial charge is 0.231 e. The van der Waals surface area contributed by atoms with Gasteiger partial charge in [-0.1, -0.05) is 25.3 Å². The van der Waals surface area contributed by atoms with Gasteiger partial charge < -0.3 is 11.1 Å². The average molecular weight is 462 g/mol. The first-order valence-electron chi connectivity index (χ1n) is 12.4. The molecule has 6 rings (SSSR count). The Kier molecular flexibility index (Phi) is 6.02. The molecule has 5 nitrogen and oxygen atoms in total. The molecule has 34 heavy (non-hydrogen) atoms. The van der Waals surface area contributed by atoms with Crippen molar-refractivity contribution < 1.29 is 14.0 Å². The maximum atomic E-state index is 14.2. The van der Waals surface area contributed by atoms with Gasteiger partial charge in [0, 0.05) is 40.4 Å². The number of rotatable bonds is 4. The van der Waals surface area contributed by atoms with E-state index in [1.54, 1.807) is 10.6 Å². The first kappa shape index (κ1) is 22.8. The third kappa shape index (κ3) is 3.94. The number of benzene rings is 2. The number of aromatic nitrogens is 1. The zero-order valence-electron chi connectivity index (χ0n) is 19.7. The molecule has 6 heteroatoms. The van der Waals surface area contributed by atoms with E-state index in [4.69, 9.17) is 0 Å². The van der Waals surface area contributed by atoms with E-state index < -0.39 is 0 Å². The van der Waals surface area contributed by atoms with Gasteiger partial charge in [-0.05, 0) is 80.5 Å². The zero-order chi connectivity index (χ0) is 23.9. The number of aldehydes is 1. The van der Waals surface area contributed by atoms with Crippen molar-refractivity contribution in [3.8, 4) is 11.1 Å². The molecule has 1 aromatic heterocycles. The summed E-state index contributed by atoms with van der Waals surface area (Å²) >= 11 is 0. The number of nitrogens with one attached hydrogen (secondary N) is 1. The van der Waals surface area contributed by atoms with Gasteiger partial charge in [0.25, 0.3) is 0 Å². The van der Waals surface area contributed by atoms with Gasteiger partial charge in [-0.3, -0.25) is 14.2 Å². The van der Waals surface area contributed by atoms with Gasteiger partial charge in [0.05, 0.1) is 5.52 Å². The second kappa shape index (κ2) is 8.99. The Bertz CT molecular complexity index is 1250. The van der Waals surface area contributed by atoms with Crippen LogP contribution in [-0.4, -0.2) is 29.8 Å². The van der Waals surface area contributed by atoms with Gasteiger partial charge in [0.2, 0.25) is 5.91 Å². The Morgan fingerprint density at radius 3 is 2.53 bits per heavy atom. The fourth-order valence-electron chi connectivity index (χ4n) is 5.84. The number of hydrogen-bond acceptors (Lipinski definition) is 4. The average Bonchev–Trinajstić information content (AvgIpc) is 3.51. The van der Waals surface area contributed by atoms with Crippen LogP contribution in [0.2, 0.25) is 0 Å². The van der Waals surface area contributed by atoms with Crippen molar-refractivity contribution in [3.05, 3.63) is 53.5 Å². The molecule has 2 aromatic carbocycles. The number of carbonyl (C=O) groups is 2. The van der Waals surface area contributed by atoms with E-state index in [1.165, 1.54) is 38.4 Å².